The second kappa shape index (κ2) is 6.04. The van der Waals surface area contributed by atoms with Gasteiger partial charge in [0, 0.05) is 25.7 Å². The number of para-hydroxylation sites is 1. The first-order valence-corrected chi connectivity index (χ1v) is 8.00. The van der Waals surface area contributed by atoms with E-state index in [1.54, 1.807) is 6.07 Å². The summed E-state index contributed by atoms with van der Waals surface area (Å²) in [5.74, 6) is -0.263. The number of Topliss-reactive ketones (excluding diaryl/α,β-unsaturated/α-hetero) is 1. The Morgan fingerprint density at radius 3 is 2.58 bits per heavy atom. The van der Waals surface area contributed by atoms with Crippen molar-refractivity contribution in [3.8, 4) is 11.5 Å². The number of ketones is 1. The van der Waals surface area contributed by atoms with Gasteiger partial charge in [0.2, 0.25) is 0 Å². The number of hydrogen-bond acceptors (Lipinski definition) is 3. The lowest BCUT2D eigenvalue weighted by atomic mass is 9.94. The highest BCUT2D eigenvalue weighted by atomic mass is 16.3. The van der Waals surface area contributed by atoms with Crippen LogP contribution in [0.15, 0.2) is 42.6 Å². The molecule has 0 radical (unpaired) electrons. The number of phenols is 2. The van der Waals surface area contributed by atoms with E-state index in [1.807, 2.05) is 55.9 Å². The van der Waals surface area contributed by atoms with Crippen LogP contribution in [0.25, 0.3) is 10.9 Å². The van der Waals surface area contributed by atoms with Gasteiger partial charge in [0.25, 0.3) is 0 Å². The Hall–Kier alpha value is -2.75. The molecule has 1 heterocycles. The quantitative estimate of drug-likeness (QED) is 0.709. The van der Waals surface area contributed by atoms with Gasteiger partial charge in [-0.2, -0.15) is 0 Å². The number of aromatic hydroxyl groups is 2. The number of phenolic OH excluding ortho intramolecular Hbond substituents is 2. The fourth-order valence-electron chi connectivity index (χ4n) is 3.13. The Labute approximate surface area is 141 Å². The predicted molar refractivity (Wildman–Crippen MR) is 94.8 cm³/mol. The zero-order valence-corrected chi connectivity index (χ0v) is 14.1. The summed E-state index contributed by atoms with van der Waals surface area (Å²) >= 11 is 0. The van der Waals surface area contributed by atoms with Crippen LogP contribution >= 0.6 is 0 Å². The van der Waals surface area contributed by atoms with E-state index in [4.69, 9.17) is 0 Å². The molecule has 2 N–H and O–H groups in total. The van der Waals surface area contributed by atoms with E-state index in [1.165, 1.54) is 6.07 Å². The number of nitrogens with zero attached hydrogens (tertiary/aromatic N) is 1. The molecule has 0 atom stereocenters. The van der Waals surface area contributed by atoms with Crippen LogP contribution < -0.4 is 0 Å². The van der Waals surface area contributed by atoms with E-state index in [9.17, 15) is 15.0 Å². The van der Waals surface area contributed by atoms with E-state index in [-0.39, 0.29) is 35.2 Å². The van der Waals surface area contributed by atoms with Crippen LogP contribution in [0.2, 0.25) is 0 Å². The standard InChI is InChI=1S/C20H21NO3/c1-12(2)15-10-16(19(24)11-18(15)23)17(22)9-14-6-4-5-13-7-8-21(3)20(13)14/h4-8,10-12,23-24H,9H2,1-3H3. The second-order valence-corrected chi connectivity index (χ2v) is 6.46. The number of carbonyl (C=O) groups excluding carboxylic acids is 1. The van der Waals surface area contributed by atoms with Gasteiger partial charge < -0.3 is 14.8 Å². The van der Waals surface area contributed by atoms with E-state index in [0.717, 1.165) is 16.5 Å². The average Bonchev–Trinajstić information content (AvgIpc) is 2.89. The summed E-state index contributed by atoms with van der Waals surface area (Å²) in [4.78, 5) is 12.7. The summed E-state index contributed by atoms with van der Waals surface area (Å²) in [6.45, 7) is 3.87. The monoisotopic (exact) mass is 323 g/mol. The molecular formula is C20H21NO3. The summed E-state index contributed by atoms with van der Waals surface area (Å²) in [6.07, 6.45) is 2.17. The summed E-state index contributed by atoms with van der Waals surface area (Å²) in [5.41, 5.74) is 2.85. The fraction of sp³-hybridized carbons (Fsp3) is 0.250. The van der Waals surface area contributed by atoms with Crippen molar-refractivity contribution in [2.24, 2.45) is 7.05 Å². The molecule has 4 heteroatoms. The number of hydrogen-bond donors (Lipinski definition) is 2. The van der Waals surface area contributed by atoms with E-state index in [2.05, 4.69) is 0 Å². The van der Waals surface area contributed by atoms with Crippen molar-refractivity contribution in [3.63, 3.8) is 0 Å². The predicted octanol–water partition coefficient (Wildman–Crippen LogP) is 4.14. The molecule has 4 nitrogen and oxygen atoms in total. The highest BCUT2D eigenvalue weighted by Gasteiger charge is 2.18. The SMILES string of the molecule is CC(C)c1cc(C(=O)Cc2cccc3ccn(C)c23)c(O)cc1O. The van der Waals surface area contributed by atoms with Crippen LogP contribution in [0.3, 0.4) is 0 Å². The van der Waals surface area contributed by atoms with Crippen molar-refractivity contribution in [1.82, 2.24) is 4.57 Å². The minimum Gasteiger partial charge on any atom is -0.508 e. The molecule has 0 aliphatic carbocycles. The van der Waals surface area contributed by atoms with Gasteiger partial charge in [-0.1, -0.05) is 32.0 Å². The molecule has 0 spiro atoms. The van der Waals surface area contributed by atoms with Gasteiger partial charge in [-0.05, 0) is 34.6 Å². The normalized spacial score (nSPS) is 11.3. The summed E-state index contributed by atoms with van der Waals surface area (Å²) in [7, 11) is 1.95. The van der Waals surface area contributed by atoms with Crippen LogP contribution in [-0.2, 0) is 13.5 Å². The number of aromatic nitrogens is 1. The first kappa shape index (κ1) is 16.1. The first-order valence-electron chi connectivity index (χ1n) is 8.00. The van der Waals surface area contributed by atoms with Gasteiger partial charge in [0.1, 0.15) is 11.5 Å². The number of rotatable bonds is 4. The lowest BCUT2D eigenvalue weighted by Crippen LogP contribution is -2.06. The van der Waals surface area contributed by atoms with Crippen LogP contribution in [0.4, 0.5) is 0 Å². The zero-order valence-electron chi connectivity index (χ0n) is 14.1. The summed E-state index contributed by atoms with van der Waals surface area (Å²) < 4.78 is 1.99. The van der Waals surface area contributed by atoms with Gasteiger partial charge in [0.05, 0.1) is 11.1 Å². The van der Waals surface area contributed by atoms with E-state index < -0.39 is 0 Å². The number of benzene rings is 2. The molecule has 0 fully saturated rings. The highest BCUT2D eigenvalue weighted by molar-refractivity contribution is 6.02. The van der Waals surface area contributed by atoms with Crippen molar-refractivity contribution in [2.45, 2.75) is 26.2 Å². The average molecular weight is 323 g/mol. The fourth-order valence-corrected chi connectivity index (χ4v) is 3.13. The van der Waals surface area contributed by atoms with Gasteiger partial charge in [-0.25, -0.2) is 0 Å². The molecular weight excluding hydrogens is 302 g/mol. The topological polar surface area (TPSA) is 62.5 Å². The second-order valence-electron chi connectivity index (χ2n) is 6.46. The smallest absolute Gasteiger partial charge is 0.171 e. The Kier molecular flexibility index (Phi) is 4.06. The minimum absolute atomic E-state index is 0.0172. The lowest BCUT2D eigenvalue weighted by molar-refractivity contribution is 0.0990. The molecule has 0 unspecified atom stereocenters. The van der Waals surface area contributed by atoms with E-state index >= 15 is 0 Å². The third-order valence-corrected chi connectivity index (χ3v) is 4.40. The Balaban J connectivity index is 2.01. The molecule has 0 saturated carbocycles. The molecule has 1 aromatic heterocycles. The molecule has 0 aliphatic heterocycles. The lowest BCUT2D eigenvalue weighted by Gasteiger charge is -2.12. The third kappa shape index (κ3) is 2.75. The molecule has 24 heavy (non-hydrogen) atoms. The van der Waals surface area contributed by atoms with Crippen molar-refractivity contribution in [2.75, 3.05) is 0 Å². The van der Waals surface area contributed by atoms with Crippen LogP contribution in [0.1, 0.15) is 41.3 Å². The van der Waals surface area contributed by atoms with Gasteiger partial charge >= 0.3 is 0 Å². The largest absolute Gasteiger partial charge is 0.508 e. The Morgan fingerprint density at radius 2 is 1.88 bits per heavy atom. The maximum absolute atomic E-state index is 12.7. The Bertz CT molecular complexity index is 922. The molecule has 0 bridgehead atoms. The first-order chi connectivity index (χ1) is 11.4. The molecule has 3 rings (SSSR count). The molecule has 0 saturated heterocycles. The maximum atomic E-state index is 12.7. The minimum atomic E-state index is -0.180. The number of carbonyl (C=O) groups is 1. The molecule has 0 amide bonds. The zero-order chi connectivity index (χ0) is 17.4. The number of fused-ring (bicyclic) bond motifs is 1. The maximum Gasteiger partial charge on any atom is 0.171 e. The van der Waals surface area contributed by atoms with E-state index in [0.29, 0.717) is 5.56 Å². The van der Waals surface area contributed by atoms with Crippen molar-refractivity contribution in [3.05, 3.63) is 59.3 Å². The third-order valence-electron chi connectivity index (χ3n) is 4.40. The van der Waals surface area contributed by atoms with Crippen LogP contribution in [0, 0.1) is 0 Å². The molecule has 3 aromatic rings. The summed E-state index contributed by atoms with van der Waals surface area (Å²) in [6, 6.07) is 10.7. The number of aryl methyl sites for hydroxylation is 1. The summed E-state index contributed by atoms with van der Waals surface area (Å²) in [5, 5.41) is 21.1. The van der Waals surface area contributed by atoms with Crippen molar-refractivity contribution >= 4 is 16.7 Å². The van der Waals surface area contributed by atoms with Crippen molar-refractivity contribution in [1.29, 1.82) is 0 Å². The van der Waals surface area contributed by atoms with Gasteiger partial charge in [0.15, 0.2) is 5.78 Å². The Morgan fingerprint density at radius 1 is 1.12 bits per heavy atom. The van der Waals surface area contributed by atoms with Crippen LogP contribution in [-0.4, -0.2) is 20.6 Å². The van der Waals surface area contributed by atoms with Crippen molar-refractivity contribution < 1.29 is 15.0 Å². The van der Waals surface area contributed by atoms with Gasteiger partial charge in [-0.15, -0.1) is 0 Å². The van der Waals surface area contributed by atoms with Gasteiger partial charge in [-0.3, -0.25) is 4.79 Å². The van der Waals surface area contributed by atoms with Crippen LogP contribution in [0.5, 0.6) is 11.5 Å². The molecule has 2 aromatic carbocycles. The highest BCUT2D eigenvalue weighted by Crippen LogP contribution is 2.33. The molecule has 0 aliphatic rings. The molecule has 124 valence electrons.